The van der Waals surface area contributed by atoms with Crippen molar-refractivity contribution in [3.8, 4) is 5.75 Å². The lowest BCUT2D eigenvalue weighted by Gasteiger charge is -2.27. The molecule has 0 heterocycles. The highest BCUT2D eigenvalue weighted by atomic mass is 35.5. The van der Waals surface area contributed by atoms with Gasteiger partial charge in [0.15, 0.2) is 0 Å². The Morgan fingerprint density at radius 1 is 1.13 bits per heavy atom. The Morgan fingerprint density at radius 3 is 2.26 bits per heavy atom. The van der Waals surface area contributed by atoms with Gasteiger partial charge in [-0.1, -0.05) is 18.2 Å². The average Bonchev–Trinajstić information content (AvgIpc) is 2.53. The number of amides is 1. The average molecular weight is 350 g/mol. The summed E-state index contributed by atoms with van der Waals surface area (Å²) in [6, 6.07) is 17.0. The summed E-state index contributed by atoms with van der Waals surface area (Å²) in [5.74, 6) is 0.625. The molecule has 0 aliphatic heterocycles. The van der Waals surface area contributed by atoms with Gasteiger partial charge < -0.3 is 10.1 Å². The van der Waals surface area contributed by atoms with E-state index >= 15 is 0 Å². The van der Waals surface area contributed by atoms with Crippen LogP contribution in [0.5, 0.6) is 5.75 Å². The summed E-state index contributed by atoms with van der Waals surface area (Å²) in [5, 5.41) is 2.50. The molecule has 5 heteroatoms. The van der Waals surface area contributed by atoms with Gasteiger partial charge in [-0.15, -0.1) is 23.4 Å². The van der Waals surface area contributed by atoms with Gasteiger partial charge in [0.2, 0.25) is 5.91 Å². The summed E-state index contributed by atoms with van der Waals surface area (Å²) < 4.78 is 5.12. The maximum Gasteiger partial charge on any atom is 0.239 e. The van der Waals surface area contributed by atoms with E-state index in [9.17, 15) is 4.79 Å². The van der Waals surface area contributed by atoms with Crippen LogP contribution in [0.4, 0.5) is 5.69 Å². The minimum Gasteiger partial charge on any atom is -0.497 e. The Bertz CT molecular complexity index is 638. The molecule has 1 atom stereocenters. The maximum atomic E-state index is 12.7. The molecule has 1 amide bonds. The van der Waals surface area contributed by atoms with Crippen LogP contribution in [0.25, 0.3) is 0 Å². The third-order valence-corrected chi connectivity index (χ3v) is 5.15. The van der Waals surface area contributed by atoms with Crippen LogP contribution in [-0.4, -0.2) is 23.1 Å². The van der Waals surface area contributed by atoms with Crippen molar-refractivity contribution in [2.75, 3.05) is 12.4 Å². The predicted molar refractivity (Wildman–Crippen MR) is 97.6 cm³/mol. The molecule has 122 valence electrons. The minimum absolute atomic E-state index is 0.121. The van der Waals surface area contributed by atoms with Gasteiger partial charge in [0.1, 0.15) is 11.0 Å². The van der Waals surface area contributed by atoms with Gasteiger partial charge >= 0.3 is 0 Å². The number of carbonyl (C=O) groups excluding carboxylic acids is 1. The van der Waals surface area contributed by atoms with Gasteiger partial charge in [-0.25, -0.2) is 0 Å². The van der Waals surface area contributed by atoms with Crippen molar-refractivity contribution in [2.24, 2.45) is 0 Å². The fourth-order valence-electron chi connectivity index (χ4n) is 2.02. The number of hydrogen-bond acceptors (Lipinski definition) is 3. The number of hydrogen-bond donors (Lipinski definition) is 1. The van der Waals surface area contributed by atoms with Crippen molar-refractivity contribution in [3.05, 3.63) is 54.6 Å². The largest absolute Gasteiger partial charge is 0.497 e. The topological polar surface area (TPSA) is 38.3 Å². The number of carbonyl (C=O) groups is 1. The molecule has 0 spiro atoms. The molecule has 0 fully saturated rings. The van der Waals surface area contributed by atoms with Crippen molar-refractivity contribution >= 4 is 35.0 Å². The van der Waals surface area contributed by atoms with Crippen LogP contribution in [0.15, 0.2) is 59.5 Å². The highest BCUT2D eigenvalue weighted by Gasteiger charge is 2.34. The van der Waals surface area contributed by atoms with Crippen molar-refractivity contribution in [2.45, 2.75) is 28.9 Å². The number of alkyl halides is 1. The molecule has 0 radical (unpaired) electrons. The molecule has 2 aromatic carbocycles. The quantitative estimate of drug-likeness (QED) is 0.600. The van der Waals surface area contributed by atoms with Crippen LogP contribution >= 0.6 is 23.4 Å². The third kappa shape index (κ3) is 5.19. The summed E-state index contributed by atoms with van der Waals surface area (Å²) in [5.41, 5.74) is 0.718. The molecular formula is C18H20ClNO2S. The number of methoxy groups -OCH3 is 1. The van der Waals surface area contributed by atoms with Crippen LogP contribution in [-0.2, 0) is 4.79 Å². The number of thioether (sulfide) groups is 1. The number of anilines is 1. The van der Waals surface area contributed by atoms with E-state index in [1.165, 1.54) is 11.8 Å². The van der Waals surface area contributed by atoms with Gasteiger partial charge in [0.25, 0.3) is 0 Å². The molecule has 0 saturated carbocycles. The molecule has 3 nitrogen and oxygen atoms in total. The van der Waals surface area contributed by atoms with E-state index in [4.69, 9.17) is 16.3 Å². The molecule has 0 aliphatic carbocycles. The molecule has 0 aliphatic rings. The minimum atomic E-state index is -0.683. The summed E-state index contributed by atoms with van der Waals surface area (Å²) in [7, 11) is 1.61. The van der Waals surface area contributed by atoms with E-state index in [-0.39, 0.29) is 5.91 Å². The van der Waals surface area contributed by atoms with E-state index in [1.54, 1.807) is 19.2 Å². The van der Waals surface area contributed by atoms with Crippen molar-refractivity contribution < 1.29 is 9.53 Å². The van der Waals surface area contributed by atoms with Crippen molar-refractivity contribution in [1.29, 1.82) is 0 Å². The Morgan fingerprint density at radius 2 is 1.74 bits per heavy atom. The third-order valence-electron chi connectivity index (χ3n) is 3.22. The first-order valence-corrected chi connectivity index (χ1v) is 8.51. The van der Waals surface area contributed by atoms with Gasteiger partial charge in [-0.05, 0) is 50.2 Å². The lowest BCUT2D eigenvalue weighted by atomic mass is 10.1. The van der Waals surface area contributed by atoms with E-state index in [2.05, 4.69) is 5.32 Å². The summed E-state index contributed by atoms with van der Waals surface area (Å²) in [6.07, 6.45) is 0. The van der Waals surface area contributed by atoms with Crippen molar-refractivity contribution in [1.82, 2.24) is 0 Å². The molecule has 2 aromatic rings. The van der Waals surface area contributed by atoms with Gasteiger partial charge in [-0.2, -0.15) is 0 Å². The van der Waals surface area contributed by atoms with Crippen LogP contribution < -0.4 is 10.1 Å². The van der Waals surface area contributed by atoms with E-state index in [0.717, 1.165) is 16.3 Å². The highest BCUT2D eigenvalue weighted by molar-refractivity contribution is 8.00. The molecule has 2 rings (SSSR count). The van der Waals surface area contributed by atoms with Crippen LogP contribution in [0.3, 0.4) is 0 Å². The van der Waals surface area contributed by atoms with Crippen LogP contribution in [0.1, 0.15) is 13.8 Å². The first kappa shape index (κ1) is 17.7. The lowest BCUT2D eigenvalue weighted by Crippen LogP contribution is -2.38. The standard InChI is InChI=1S/C18H20ClNO2S/c1-18(2,19)16(23-15-7-5-4-6-8-15)17(21)20-13-9-11-14(22-3)12-10-13/h4-12,16H,1-3H3,(H,20,21). The summed E-state index contributed by atoms with van der Waals surface area (Å²) >= 11 is 7.92. The molecule has 0 bridgehead atoms. The number of ether oxygens (including phenoxy) is 1. The van der Waals surface area contributed by atoms with Crippen molar-refractivity contribution in [3.63, 3.8) is 0 Å². The first-order valence-electron chi connectivity index (χ1n) is 7.25. The Hall–Kier alpha value is -1.65. The second kappa shape index (κ2) is 7.75. The fraction of sp³-hybridized carbons (Fsp3) is 0.278. The lowest BCUT2D eigenvalue weighted by molar-refractivity contribution is -0.116. The second-order valence-electron chi connectivity index (χ2n) is 5.59. The van der Waals surface area contributed by atoms with Gasteiger partial charge in [0.05, 0.1) is 12.0 Å². The monoisotopic (exact) mass is 349 g/mol. The molecule has 23 heavy (non-hydrogen) atoms. The maximum absolute atomic E-state index is 12.7. The summed E-state index contributed by atoms with van der Waals surface area (Å²) in [6.45, 7) is 3.70. The van der Waals surface area contributed by atoms with E-state index in [0.29, 0.717) is 0 Å². The molecule has 1 N–H and O–H groups in total. The predicted octanol–water partition coefficient (Wildman–Crippen LogP) is 4.81. The summed E-state index contributed by atoms with van der Waals surface area (Å²) in [4.78, 5) is 13.0. The second-order valence-corrected chi connectivity index (χ2v) is 7.75. The zero-order valence-corrected chi connectivity index (χ0v) is 14.9. The number of rotatable bonds is 6. The van der Waals surface area contributed by atoms with Gasteiger partial charge in [0, 0.05) is 10.6 Å². The van der Waals surface area contributed by atoms with E-state index < -0.39 is 10.1 Å². The molecule has 0 saturated heterocycles. The normalized spacial score (nSPS) is 12.5. The Labute approximate surface area is 146 Å². The van der Waals surface area contributed by atoms with E-state index in [1.807, 2.05) is 56.3 Å². The van der Waals surface area contributed by atoms with Crippen LogP contribution in [0, 0.1) is 0 Å². The number of halogens is 1. The molecule has 1 unspecified atom stereocenters. The zero-order chi connectivity index (χ0) is 16.9. The number of benzene rings is 2. The SMILES string of the molecule is COc1ccc(NC(=O)C(Sc2ccccc2)C(C)(C)Cl)cc1. The van der Waals surface area contributed by atoms with Gasteiger partial charge in [-0.3, -0.25) is 4.79 Å². The first-order chi connectivity index (χ1) is 10.9. The zero-order valence-electron chi connectivity index (χ0n) is 13.4. The molecular weight excluding hydrogens is 330 g/mol. The Kier molecular flexibility index (Phi) is 5.97. The highest BCUT2D eigenvalue weighted by Crippen LogP contribution is 2.35. The van der Waals surface area contributed by atoms with Crippen LogP contribution in [0.2, 0.25) is 0 Å². The smallest absolute Gasteiger partial charge is 0.239 e. The molecule has 0 aromatic heterocycles. The fourth-order valence-corrected chi connectivity index (χ4v) is 3.29. The number of nitrogens with one attached hydrogen (secondary N) is 1. The Balaban J connectivity index is 2.13.